The van der Waals surface area contributed by atoms with Gasteiger partial charge >= 0.3 is 0 Å². The maximum Gasteiger partial charge on any atom is 0.239 e. The number of carbonyl (C=O) groups excluding carboxylic acids is 1. The fourth-order valence-corrected chi connectivity index (χ4v) is 8.32. The Bertz CT molecular complexity index is 1000. The topological polar surface area (TPSA) is 81.0 Å². The second-order valence-corrected chi connectivity index (χ2v) is 12.8. The molecule has 0 aliphatic carbocycles. The number of carbonyl (C=O) groups is 1. The van der Waals surface area contributed by atoms with Crippen molar-refractivity contribution in [3.8, 4) is 0 Å². The predicted octanol–water partition coefficient (Wildman–Crippen LogP) is 3.04. The van der Waals surface area contributed by atoms with Crippen molar-refractivity contribution in [2.24, 2.45) is 17.8 Å². The Morgan fingerprint density at radius 2 is 1.54 bits per heavy atom. The lowest BCUT2D eigenvalue weighted by atomic mass is 9.75. The summed E-state index contributed by atoms with van der Waals surface area (Å²) in [5.41, 5.74) is 0.825. The monoisotopic (exact) mass is 503 g/mol. The van der Waals surface area contributed by atoms with Crippen LogP contribution in [0.15, 0.2) is 30.3 Å². The lowest BCUT2D eigenvalue weighted by Gasteiger charge is -2.40. The third-order valence-corrected chi connectivity index (χ3v) is 10.6. The van der Waals surface area contributed by atoms with Gasteiger partial charge in [0.1, 0.15) is 16.8 Å². The SMILES string of the molecule is O=C(C1C[N+](=O)N2CCC(C3CCN(S(=O)(=O)Cc4ccccc4)CC3)CC12)N1CCCCCC1. The number of amides is 1. The molecule has 5 rings (SSSR count). The molecule has 4 heterocycles. The lowest BCUT2D eigenvalue weighted by molar-refractivity contribution is -0.692. The molecule has 0 N–H and O–H groups in total. The number of fused-ring (bicyclic) bond motifs is 1. The van der Waals surface area contributed by atoms with E-state index >= 15 is 0 Å². The summed E-state index contributed by atoms with van der Waals surface area (Å²) in [6, 6.07) is 9.36. The Morgan fingerprint density at radius 1 is 0.886 bits per heavy atom. The Labute approximate surface area is 209 Å². The van der Waals surface area contributed by atoms with Crippen molar-refractivity contribution in [3.63, 3.8) is 0 Å². The summed E-state index contributed by atoms with van der Waals surface area (Å²) in [6.45, 7) is 3.75. The average Bonchev–Trinajstić information content (AvgIpc) is 3.02. The third-order valence-electron chi connectivity index (χ3n) is 8.75. The van der Waals surface area contributed by atoms with Gasteiger partial charge in [-0.15, -0.1) is 5.01 Å². The molecule has 1 amide bonds. The van der Waals surface area contributed by atoms with E-state index in [-0.39, 0.29) is 30.2 Å². The van der Waals surface area contributed by atoms with Crippen LogP contribution in [0.2, 0.25) is 0 Å². The van der Waals surface area contributed by atoms with Gasteiger partial charge in [-0.3, -0.25) is 4.79 Å². The zero-order chi connectivity index (χ0) is 24.4. The molecule has 0 spiro atoms. The third kappa shape index (κ3) is 5.40. The highest BCUT2D eigenvalue weighted by Gasteiger charge is 2.54. The van der Waals surface area contributed by atoms with Crippen LogP contribution in [0.25, 0.3) is 0 Å². The van der Waals surface area contributed by atoms with Crippen LogP contribution < -0.4 is 0 Å². The van der Waals surface area contributed by atoms with Gasteiger partial charge in [0.2, 0.25) is 22.5 Å². The molecule has 9 heteroatoms. The van der Waals surface area contributed by atoms with Gasteiger partial charge in [0, 0.05) is 26.2 Å². The minimum atomic E-state index is -3.32. The van der Waals surface area contributed by atoms with Gasteiger partial charge in [0.15, 0.2) is 0 Å². The largest absolute Gasteiger partial charge is 0.342 e. The molecule has 3 atom stereocenters. The first kappa shape index (κ1) is 24.7. The average molecular weight is 504 g/mol. The summed E-state index contributed by atoms with van der Waals surface area (Å²) in [5.74, 6) is 0.886. The van der Waals surface area contributed by atoms with Gasteiger partial charge < -0.3 is 4.90 Å². The molecule has 0 bridgehead atoms. The van der Waals surface area contributed by atoms with Crippen LogP contribution in [0.3, 0.4) is 0 Å². The number of benzene rings is 1. The fraction of sp³-hybridized carbons (Fsp3) is 0.731. The van der Waals surface area contributed by atoms with Gasteiger partial charge in [-0.05, 0) is 55.9 Å². The Balaban J connectivity index is 1.19. The Hall–Kier alpha value is -2.00. The van der Waals surface area contributed by atoms with Gasteiger partial charge in [-0.25, -0.2) is 12.7 Å². The first-order chi connectivity index (χ1) is 16.9. The van der Waals surface area contributed by atoms with E-state index in [4.69, 9.17) is 0 Å². The number of rotatable bonds is 5. The molecule has 0 radical (unpaired) electrons. The molecule has 192 valence electrons. The number of hydrazine groups is 1. The van der Waals surface area contributed by atoms with Crippen molar-refractivity contribution in [1.29, 1.82) is 0 Å². The number of nitrogens with zero attached hydrogens (tertiary/aromatic N) is 4. The van der Waals surface area contributed by atoms with E-state index in [2.05, 4.69) is 0 Å². The molecule has 4 aliphatic heterocycles. The fourth-order valence-electron chi connectivity index (χ4n) is 6.76. The highest BCUT2D eigenvalue weighted by molar-refractivity contribution is 7.88. The van der Waals surface area contributed by atoms with Crippen molar-refractivity contribution >= 4 is 15.9 Å². The van der Waals surface area contributed by atoms with E-state index in [0.29, 0.717) is 31.5 Å². The Morgan fingerprint density at radius 3 is 2.23 bits per heavy atom. The smallest absolute Gasteiger partial charge is 0.239 e. The molecule has 8 nitrogen and oxygen atoms in total. The summed E-state index contributed by atoms with van der Waals surface area (Å²) < 4.78 is 27.6. The highest BCUT2D eigenvalue weighted by Crippen LogP contribution is 2.40. The van der Waals surface area contributed by atoms with Crippen molar-refractivity contribution < 1.29 is 18.1 Å². The molecule has 0 saturated carbocycles. The number of sulfonamides is 1. The number of hydrogen-bond acceptors (Lipinski definition) is 4. The van der Waals surface area contributed by atoms with E-state index in [0.717, 1.165) is 62.0 Å². The van der Waals surface area contributed by atoms with Crippen molar-refractivity contribution in [2.75, 3.05) is 39.3 Å². The number of hydrogen-bond donors (Lipinski definition) is 0. The first-order valence-corrected chi connectivity index (χ1v) is 15.0. The molecule has 3 unspecified atom stereocenters. The first-order valence-electron chi connectivity index (χ1n) is 13.4. The van der Waals surface area contributed by atoms with Crippen LogP contribution in [-0.2, 0) is 20.6 Å². The van der Waals surface area contributed by atoms with Crippen LogP contribution in [0, 0.1) is 22.7 Å². The molecular formula is C26H39N4O4S+. The zero-order valence-corrected chi connectivity index (χ0v) is 21.4. The van der Waals surface area contributed by atoms with Crippen LogP contribution >= 0.6 is 0 Å². The molecular weight excluding hydrogens is 464 g/mol. The van der Waals surface area contributed by atoms with Gasteiger partial charge in [-0.2, -0.15) is 0 Å². The molecule has 4 saturated heterocycles. The van der Waals surface area contributed by atoms with E-state index < -0.39 is 10.0 Å². The molecule has 35 heavy (non-hydrogen) atoms. The quantitative estimate of drug-likeness (QED) is 0.577. The van der Waals surface area contributed by atoms with Gasteiger partial charge in [-0.1, -0.05) is 43.2 Å². The molecule has 4 fully saturated rings. The zero-order valence-electron chi connectivity index (χ0n) is 20.6. The number of piperidine rings is 2. The minimum absolute atomic E-state index is 0.0122. The van der Waals surface area contributed by atoms with Gasteiger partial charge in [0.05, 0.1) is 17.2 Å². The van der Waals surface area contributed by atoms with Crippen molar-refractivity contribution in [2.45, 2.75) is 63.2 Å². The molecule has 1 aromatic rings. The second-order valence-electron chi connectivity index (χ2n) is 10.9. The van der Waals surface area contributed by atoms with Crippen LogP contribution in [-0.4, -0.2) is 78.7 Å². The molecule has 0 aromatic heterocycles. The van der Waals surface area contributed by atoms with Crippen molar-refractivity contribution in [1.82, 2.24) is 14.2 Å². The maximum absolute atomic E-state index is 13.4. The summed E-state index contributed by atoms with van der Waals surface area (Å²) in [5, 5.41) is 1.90. The van der Waals surface area contributed by atoms with Gasteiger partial charge in [0.25, 0.3) is 0 Å². The predicted molar refractivity (Wildman–Crippen MR) is 134 cm³/mol. The Kier molecular flexibility index (Phi) is 7.44. The summed E-state index contributed by atoms with van der Waals surface area (Å²) in [7, 11) is -3.32. The van der Waals surface area contributed by atoms with Crippen LogP contribution in [0.5, 0.6) is 0 Å². The normalized spacial score (nSPS) is 29.1. The van der Waals surface area contributed by atoms with Crippen molar-refractivity contribution in [3.05, 3.63) is 40.8 Å². The van der Waals surface area contributed by atoms with E-state index in [1.165, 1.54) is 12.8 Å². The molecule has 4 aliphatic rings. The summed E-state index contributed by atoms with van der Waals surface area (Å²) in [6.07, 6.45) is 8.00. The van der Waals surface area contributed by atoms with E-state index in [9.17, 15) is 18.1 Å². The highest BCUT2D eigenvalue weighted by atomic mass is 32.2. The second kappa shape index (κ2) is 10.5. The summed E-state index contributed by atoms with van der Waals surface area (Å²) >= 11 is 0. The minimum Gasteiger partial charge on any atom is -0.342 e. The lowest BCUT2D eigenvalue weighted by Crippen LogP contribution is -2.49. The number of likely N-dealkylation sites (tertiary alicyclic amines) is 1. The standard InChI is InChI=1S/C26H39N4O4S/c31-26(27-13-6-1-2-7-14-27)24-19-30(32)29-17-12-23(18-25(24)29)22-10-15-28(16-11-22)35(33,34)20-21-8-4-3-5-9-21/h3-5,8-9,22-25H,1-2,6-7,10-20H2/q+1. The molecule has 1 aromatic carbocycles. The van der Waals surface area contributed by atoms with E-state index in [1.807, 2.05) is 40.2 Å². The van der Waals surface area contributed by atoms with E-state index in [1.54, 1.807) is 4.31 Å². The summed E-state index contributed by atoms with van der Waals surface area (Å²) in [4.78, 5) is 29.1. The van der Waals surface area contributed by atoms with Crippen LogP contribution in [0.1, 0.15) is 56.9 Å². The maximum atomic E-state index is 13.4. The number of nitroso groups, excluding NO2 is 1. The van der Waals surface area contributed by atoms with Crippen LogP contribution in [0.4, 0.5) is 0 Å².